The van der Waals surface area contributed by atoms with Crippen LogP contribution in [-0.2, 0) is 17.1 Å². The number of carbonyl (C=O) groups excluding carboxylic acids is 1. The highest BCUT2D eigenvalue weighted by molar-refractivity contribution is 7.97. The Bertz CT molecular complexity index is 1240. The summed E-state index contributed by atoms with van der Waals surface area (Å²) in [6.07, 6.45) is 1.95. The quantitative estimate of drug-likeness (QED) is 0.393. The molecular weight excluding hydrogens is 380 g/mol. The first-order valence-corrected chi connectivity index (χ1v) is 9.88. The van der Waals surface area contributed by atoms with E-state index in [1.165, 1.54) is 18.2 Å². The van der Waals surface area contributed by atoms with Crippen molar-refractivity contribution in [3.05, 3.63) is 75.8 Å². The van der Waals surface area contributed by atoms with Crippen LogP contribution in [-0.4, -0.2) is 17.3 Å². The summed E-state index contributed by atoms with van der Waals surface area (Å²) in [5.41, 5.74) is 1.54. The number of hydrogen-bond donors (Lipinski definition) is 1. The van der Waals surface area contributed by atoms with Gasteiger partial charge in [-0.05, 0) is 24.5 Å². The van der Waals surface area contributed by atoms with Crippen LogP contribution in [0.25, 0.3) is 21.9 Å². The van der Waals surface area contributed by atoms with Crippen molar-refractivity contribution in [2.75, 3.05) is 6.26 Å². The molecule has 0 aliphatic carbocycles. The van der Waals surface area contributed by atoms with Gasteiger partial charge in [-0.15, -0.1) is 0 Å². The highest BCUT2D eigenvalue weighted by atomic mass is 32.2. The molecule has 0 aliphatic heterocycles. The summed E-state index contributed by atoms with van der Waals surface area (Å²) >= 11 is 1.58. The smallest absolute Gasteiger partial charge is 0.374 e. The molecule has 142 valence electrons. The van der Waals surface area contributed by atoms with Gasteiger partial charge in [0.2, 0.25) is 5.76 Å². The number of furan rings is 1. The summed E-state index contributed by atoms with van der Waals surface area (Å²) in [7, 11) is 0. The van der Waals surface area contributed by atoms with E-state index in [-0.39, 0.29) is 23.7 Å². The van der Waals surface area contributed by atoms with Crippen molar-refractivity contribution in [1.82, 2.24) is 0 Å². The number of aromatic hydroxyl groups is 1. The van der Waals surface area contributed by atoms with Crippen molar-refractivity contribution in [1.29, 1.82) is 0 Å². The van der Waals surface area contributed by atoms with Gasteiger partial charge in [0, 0.05) is 39.8 Å². The molecule has 0 atom stereocenters. The number of rotatable bonds is 5. The number of fused-ring (bicyclic) bond motifs is 2. The third-order valence-corrected chi connectivity index (χ3v) is 4.92. The van der Waals surface area contributed by atoms with Crippen LogP contribution in [0.2, 0.25) is 0 Å². The van der Waals surface area contributed by atoms with Gasteiger partial charge in [0.15, 0.2) is 0 Å². The molecule has 4 rings (SSSR count). The van der Waals surface area contributed by atoms with E-state index in [1.807, 2.05) is 24.5 Å². The average molecular weight is 396 g/mol. The maximum absolute atomic E-state index is 12.7. The maximum Gasteiger partial charge on any atom is 0.374 e. The van der Waals surface area contributed by atoms with E-state index in [0.29, 0.717) is 22.3 Å². The highest BCUT2D eigenvalue weighted by Crippen LogP contribution is 2.30. The third kappa shape index (κ3) is 3.36. The molecule has 0 radical (unpaired) electrons. The van der Waals surface area contributed by atoms with Gasteiger partial charge in [0.05, 0.1) is 0 Å². The van der Waals surface area contributed by atoms with Crippen LogP contribution >= 0.6 is 11.8 Å². The SMILES string of the molecule is CSCc1c(C(=O)OCc2cc(=O)oc3cc(O)ccc23)oc2ccccc12. The summed E-state index contributed by atoms with van der Waals surface area (Å²) in [5, 5.41) is 11.0. The second-order valence-corrected chi connectivity index (χ2v) is 7.05. The third-order valence-electron chi connectivity index (χ3n) is 4.34. The zero-order valence-corrected chi connectivity index (χ0v) is 15.7. The van der Waals surface area contributed by atoms with E-state index in [4.69, 9.17) is 13.6 Å². The molecular formula is C21H16O6S. The lowest BCUT2D eigenvalue weighted by atomic mass is 10.1. The summed E-state index contributed by atoms with van der Waals surface area (Å²) in [5.74, 6) is 0.160. The topological polar surface area (TPSA) is 89.9 Å². The number of ether oxygens (including phenoxy) is 1. The van der Waals surface area contributed by atoms with Gasteiger partial charge in [0.1, 0.15) is 23.5 Å². The number of phenolic OH excluding ortho intramolecular Hbond substituents is 1. The minimum atomic E-state index is -0.597. The maximum atomic E-state index is 12.7. The van der Waals surface area contributed by atoms with Gasteiger partial charge in [-0.2, -0.15) is 11.8 Å². The molecule has 0 spiro atoms. The summed E-state index contributed by atoms with van der Waals surface area (Å²) in [6.45, 7) is -0.124. The van der Waals surface area contributed by atoms with Crippen molar-refractivity contribution in [3.8, 4) is 5.75 Å². The molecule has 0 saturated carbocycles. The van der Waals surface area contributed by atoms with Crippen LogP contribution < -0.4 is 5.63 Å². The number of thioether (sulfide) groups is 1. The van der Waals surface area contributed by atoms with Crippen LogP contribution in [0, 0.1) is 0 Å². The largest absolute Gasteiger partial charge is 0.508 e. The zero-order valence-electron chi connectivity index (χ0n) is 14.9. The molecule has 1 N–H and O–H groups in total. The first-order valence-electron chi connectivity index (χ1n) is 8.49. The Kier molecular flexibility index (Phi) is 4.83. The lowest BCUT2D eigenvalue weighted by molar-refractivity contribution is 0.0438. The molecule has 28 heavy (non-hydrogen) atoms. The van der Waals surface area contributed by atoms with Crippen molar-refractivity contribution < 1.29 is 23.5 Å². The van der Waals surface area contributed by atoms with Crippen molar-refractivity contribution in [2.24, 2.45) is 0 Å². The number of hydrogen-bond acceptors (Lipinski definition) is 7. The first-order chi connectivity index (χ1) is 13.6. The van der Waals surface area contributed by atoms with Gasteiger partial charge >= 0.3 is 11.6 Å². The second kappa shape index (κ2) is 7.44. The van der Waals surface area contributed by atoms with Crippen molar-refractivity contribution in [3.63, 3.8) is 0 Å². The van der Waals surface area contributed by atoms with Gasteiger partial charge in [-0.25, -0.2) is 9.59 Å². The van der Waals surface area contributed by atoms with Gasteiger partial charge in [0.25, 0.3) is 0 Å². The molecule has 2 aromatic carbocycles. The Hall–Kier alpha value is -3.19. The zero-order chi connectivity index (χ0) is 19.7. The molecule has 0 saturated heterocycles. The molecule has 4 aromatic rings. The van der Waals surface area contributed by atoms with E-state index < -0.39 is 11.6 Å². The van der Waals surface area contributed by atoms with Gasteiger partial charge in [-0.1, -0.05) is 18.2 Å². The molecule has 2 aromatic heterocycles. The molecule has 6 nitrogen and oxygen atoms in total. The highest BCUT2D eigenvalue weighted by Gasteiger charge is 2.22. The van der Waals surface area contributed by atoms with Crippen LogP contribution in [0.5, 0.6) is 5.75 Å². The monoisotopic (exact) mass is 396 g/mol. The number of phenols is 1. The fourth-order valence-corrected chi connectivity index (χ4v) is 3.67. The van der Waals surface area contributed by atoms with E-state index in [0.717, 1.165) is 10.9 Å². The lowest BCUT2D eigenvalue weighted by Crippen LogP contribution is -2.08. The fraction of sp³-hybridized carbons (Fsp3) is 0.143. The second-order valence-electron chi connectivity index (χ2n) is 6.19. The summed E-state index contributed by atoms with van der Waals surface area (Å²) in [4.78, 5) is 24.5. The van der Waals surface area contributed by atoms with Gasteiger partial charge < -0.3 is 18.7 Å². The molecule has 0 unspecified atom stereocenters. The number of para-hydroxylation sites is 1. The molecule has 2 heterocycles. The number of benzene rings is 2. The fourth-order valence-electron chi connectivity index (χ4n) is 3.10. The molecule has 7 heteroatoms. The Morgan fingerprint density at radius 2 is 1.89 bits per heavy atom. The normalized spacial score (nSPS) is 11.2. The summed E-state index contributed by atoms with van der Waals surface area (Å²) < 4.78 is 16.3. The van der Waals surface area contributed by atoms with E-state index in [2.05, 4.69) is 0 Å². The Morgan fingerprint density at radius 3 is 2.71 bits per heavy atom. The predicted octanol–water partition coefficient (Wildman–Crippen LogP) is 4.46. The van der Waals surface area contributed by atoms with Crippen molar-refractivity contribution in [2.45, 2.75) is 12.4 Å². The Morgan fingerprint density at radius 1 is 1.07 bits per heavy atom. The molecule has 0 amide bonds. The van der Waals surface area contributed by atoms with Crippen LogP contribution in [0.3, 0.4) is 0 Å². The van der Waals surface area contributed by atoms with Crippen LogP contribution in [0.15, 0.2) is 62.2 Å². The molecule has 0 fully saturated rings. The van der Waals surface area contributed by atoms with E-state index in [9.17, 15) is 14.7 Å². The minimum absolute atomic E-state index is 0.0197. The number of carbonyl (C=O) groups is 1. The lowest BCUT2D eigenvalue weighted by Gasteiger charge is -2.07. The first kappa shape index (κ1) is 18.2. The predicted molar refractivity (Wildman–Crippen MR) is 107 cm³/mol. The van der Waals surface area contributed by atoms with Crippen LogP contribution in [0.4, 0.5) is 0 Å². The standard InChI is InChI=1S/C21H16O6S/c1-28-11-16-15-4-2-3-5-17(15)27-20(16)21(24)25-10-12-8-19(23)26-18-9-13(22)6-7-14(12)18/h2-9,22H,10-11H2,1H3. The summed E-state index contributed by atoms with van der Waals surface area (Å²) in [6, 6.07) is 13.1. The average Bonchev–Trinajstić information content (AvgIpc) is 3.04. The van der Waals surface area contributed by atoms with Gasteiger partial charge in [-0.3, -0.25) is 0 Å². The molecule has 0 bridgehead atoms. The Balaban J connectivity index is 1.65. The van der Waals surface area contributed by atoms with Crippen molar-refractivity contribution >= 4 is 39.7 Å². The Labute approximate surface area is 163 Å². The van der Waals surface area contributed by atoms with E-state index in [1.54, 1.807) is 23.9 Å². The van der Waals surface area contributed by atoms with E-state index >= 15 is 0 Å². The minimum Gasteiger partial charge on any atom is -0.508 e. The number of esters is 1. The van der Waals surface area contributed by atoms with Crippen LogP contribution in [0.1, 0.15) is 21.7 Å². The molecule has 0 aliphatic rings.